The fourth-order valence-corrected chi connectivity index (χ4v) is 3.60. The number of hydrogen-bond donors (Lipinski definition) is 1. The largest absolute Gasteiger partial charge is 0.491 e. The number of ether oxygens (including phenoxy) is 1. The van der Waals surface area contributed by atoms with Crippen molar-refractivity contribution in [1.29, 1.82) is 0 Å². The van der Waals surface area contributed by atoms with Crippen LogP contribution >= 0.6 is 0 Å². The van der Waals surface area contributed by atoms with Gasteiger partial charge in [-0.3, -0.25) is 0 Å². The number of aliphatic hydroxyl groups is 1. The van der Waals surface area contributed by atoms with Gasteiger partial charge >= 0.3 is 0 Å². The molecule has 0 aliphatic heterocycles. The summed E-state index contributed by atoms with van der Waals surface area (Å²) in [7, 11) is 2.13. The van der Waals surface area contributed by atoms with E-state index < -0.39 is 6.10 Å². The molecular weight excluding hydrogens is 298 g/mol. The lowest BCUT2D eigenvalue weighted by Crippen LogP contribution is -2.40. The van der Waals surface area contributed by atoms with Gasteiger partial charge in [0.15, 0.2) is 0 Å². The van der Waals surface area contributed by atoms with E-state index in [0.29, 0.717) is 19.2 Å². The first-order valence-electron chi connectivity index (χ1n) is 9.39. The molecule has 0 radical (unpaired) electrons. The van der Waals surface area contributed by atoms with E-state index in [1.165, 1.54) is 43.2 Å². The van der Waals surface area contributed by atoms with Crippen LogP contribution in [0.4, 0.5) is 0 Å². The molecular formula is C21H35NO2. The first-order chi connectivity index (χ1) is 11.3. The van der Waals surface area contributed by atoms with Crippen LogP contribution in [0.1, 0.15) is 64.0 Å². The van der Waals surface area contributed by atoms with Gasteiger partial charge in [0, 0.05) is 12.6 Å². The number of rotatable bonds is 6. The molecule has 1 fully saturated rings. The van der Waals surface area contributed by atoms with E-state index >= 15 is 0 Å². The van der Waals surface area contributed by atoms with Crippen LogP contribution in [0.3, 0.4) is 0 Å². The summed E-state index contributed by atoms with van der Waals surface area (Å²) >= 11 is 0. The predicted molar refractivity (Wildman–Crippen MR) is 101 cm³/mol. The second-order valence-electron chi connectivity index (χ2n) is 8.45. The molecule has 1 saturated carbocycles. The molecule has 2 rings (SSSR count). The van der Waals surface area contributed by atoms with Crippen LogP contribution in [0.2, 0.25) is 0 Å². The lowest BCUT2D eigenvalue weighted by Gasteiger charge is -2.32. The minimum atomic E-state index is -0.453. The van der Waals surface area contributed by atoms with Crippen molar-refractivity contribution in [3.05, 3.63) is 29.3 Å². The molecule has 3 heteroatoms. The minimum absolute atomic E-state index is 0.0329. The molecule has 1 aliphatic carbocycles. The molecule has 136 valence electrons. The van der Waals surface area contributed by atoms with Gasteiger partial charge in [-0.15, -0.1) is 0 Å². The summed E-state index contributed by atoms with van der Waals surface area (Å²) in [5, 5.41) is 10.4. The lowest BCUT2D eigenvalue weighted by molar-refractivity contribution is 0.0556. The molecule has 1 atom stereocenters. The molecule has 3 nitrogen and oxygen atoms in total. The lowest BCUT2D eigenvalue weighted by atomic mass is 9.85. The van der Waals surface area contributed by atoms with Crippen LogP contribution in [0.5, 0.6) is 5.75 Å². The molecule has 0 heterocycles. The van der Waals surface area contributed by atoms with Gasteiger partial charge < -0.3 is 14.7 Å². The molecule has 0 amide bonds. The van der Waals surface area contributed by atoms with Crippen molar-refractivity contribution in [2.75, 3.05) is 20.2 Å². The maximum atomic E-state index is 10.4. The van der Waals surface area contributed by atoms with E-state index in [2.05, 4.69) is 51.8 Å². The SMILES string of the molecule is Cc1ccc(OC[C@@H](O)CN(C)C2CCCCC2)c(C(C)(C)C)c1. The highest BCUT2D eigenvalue weighted by Crippen LogP contribution is 2.32. The minimum Gasteiger partial charge on any atom is -0.491 e. The Kier molecular flexibility index (Phi) is 6.70. The molecule has 1 aromatic carbocycles. The molecule has 0 bridgehead atoms. The van der Waals surface area contributed by atoms with Crippen molar-refractivity contribution in [3.63, 3.8) is 0 Å². The summed E-state index contributed by atoms with van der Waals surface area (Å²) in [6.45, 7) is 9.73. The summed E-state index contributed by atoms with van der Waals surface area (Å²) in [4.78, 5) is 2.31. The number of hydrogen-bond acceptors (Lipinski definition) is 3. The third kappa shape index (κ3) is 5.49. The quantitative estimate of drug-likeness (QED) is 0.842. The summed E-state index contributed by atoms with van der Waals surface area (Å²) in [6.07, 6.45) is 6.07. The fraction of sp³-hybridized carbons (Fsp3) is 0.714. The van der Waals surface area contributed by atoms with E-state index in [0.717, 1.165) is 5.75 Å². The van der Waals surface area contributed by atoms with Crippen LogP contribution < -0.4 is 4.74 Å². The van der Waals surface area contributed by atoms with Crippen molar-refractivity contribution < 1.29 is 9.84 Å². The molecule has 0 saturated heterocycles. The van der Waals surface area contributed by atoms with Gasteiger partial charge in [-0.25, -0.2) is 0 Å². The summed E-state index contributed by atoms with van der Waals surface area (Å²) in [5.41, 5.74) is 2.48. The van der Waals surface area contributed by atoms with Crippen molar-refractivity contribution in [2.24, 2.45) is 0 Å². The number of nitrogens with zero attached hydrogens (tertiary/aromatic N) is 1. The second-order valence-corrected chi connectivity index (χ2v) is 8.45. The Hall–Kier alpha value is -1.06. The van der Waals surface area contributed by atoms with E-state index in [1.54, 1.807) is 0 Å². The average Bonchev–Trinajstić information content (AvgIpc) is 2.53. The Morgan fingerprint density at radius 1 is 1.21 bits per heavy atom. The predicted octanol–water partition coefficient (Wildman–Crippen LogP) is 4.30. The van der Waals surface area contributed by atoms with Gasteiger partial charge in [-0.1, -0.05) is 57.7 Å². The highest BCUT2D eigenvalue weighted by molar-refractivity contribution is 5.41. The monoisotopic (exact) mass is 333 g/mol. The highest BCUT2D eigenvalue weighted by atomic mass is 16.5. The van der Waals surface area contributed by atoms with Crippen molar-refractivity contribution >= 4 is 0 Å². The summed E-state index contributed by atoms with van der Waals surface area (Å²) in [6, 6.07) is 6.92. The maximum Gasteiger partial charge on any atom is 0.123 e. The van der Waals surface area contributed by atoms with Gasteiger partial charge in [0.25, 0.3) is 0 Å². The molecule has 1 aliphatic rings. The average molecular weight is 334 g/mol. The van der Waals surface area contributed by atoms with Gasteiger partial charge in [0.05, 0.1) is 0 Å². The maximum absolute atomic E-state index is 10.4. The Labute approximate surface area is 148 Å². The third-order valence-electron chi connectivity index (χ3n) is 5.07. The molecule has 1 aromatic rings. The van der Waals surface area contributed by atoms with Crippen molar-refractivity contribution in [3.8, 4) is 5.75 Å². The zero-order valence-electron chi connectivity index (χ0n) is 16.1. The van der Waals surface area contributed by atoms with Crippen LogP contribution in [0.15, 0.2) is 18.2 Å². The highest BCUT2D eigenvalue weighted by Gasteiger charge is 2.22. The number of aliphatic hydroxyl groups excluding tert-OH is 1. The molecule has 0 unspecified atom stereocenters. The van der Waals surface area contributed by atoms with Crippen LogP contribution in [0, 0.1) is 6.92 Å². The van der Waals surface area contributed by atoms with Gasteiger partial charge in [-0.2, -0.15) is 0 Å². The summed E-state index contributed by atoms with van der Waals surface area (Å²) in [5.74, 6) is 0.896. The van der Waals surface area contributed by atoms with E-state index in [4.69, 9.17) is 4.74 Å². The smallest absolute Gasteiger partial charge is 0.123 e. The first kappa shape index (κ1) is 19.3. The molecule has 24 heavy (non-hydrogen) atoms. The van der Waals surface area contributed by atoms with E-state index in [9.17, 15) is 5.11 Å². The molecule has 0 spiro atoms. The van der Waals surface area contributed by atoms with Crippen LogP contribution in [0.25, 0.3) is 0 Å². The standard InChI is InChI=1S/C21H35NO2/c1-16-11-12-20(19(13-16)21(2,3)4)24-15-18(23)14-22(5)17-9-7-6-8-10-17/h11-13,17-18,23H,6-10,14-15H2,1-5H3/t18-/m0/s1. The normalized spacial score (nSPS) is 18.0. The Bertz CT molecular complexity index is 515. The second kappa shape index (κ2) is 8.35. The Balaban J connectivity index is 1.90. The van der Waals surface area contributed by atoms with E-state index in [-0.39, 0.29) is 5.41 Å². The zero-order valence-corrected chi connectivity index (χ0v) is 16.1. The van der Waals surface area contributed by atoms with Crippen molar-refractivity contribution in [1.82, 2.24) is 4.90 Å². The van der Waals surface area contributed by atoms with Crippen LogP contribution in [-0.2, 0) is 5.41 Å². The van der Waals surface area contributed by atoms with Gasteiger partial charge in [0.2, 0.25) is 0 Å². The fourth-order valence-electron chi connectivity index (χ4n) is 3.60. The first-order valence-corrected chi connectivity index (χ1v) is 9.39. The molecule has 1 N–H and O–H groups in total. The Morgan fingerprint density at radius 2 is 1.88 bits per heavy atom. The third-order valence-corrected chi connectivity index (χ3v) is 5.07. The van der Waals surface area contributed by atoms with Gasteiger partial charge in [0.1, 0.15) is 18.5 Å². The van der Waals surface area contributed by atoms with Crippen LogP contribution in [-0.4, -0.2) is 42.4 Å². The number of likely N-dealkylation sites (N-methyl/N-ethyl adjacent to an activating group) is 1. The number of benzene rings is 1. The summed E-state index contributed by atoms with van der Waals surface area (Å²) < 4.78 is 5.99. The molecule has 0 aromatic heterocycles. The van der Waals surface area contributed by atoms with Gasteiger partial charge in [-0.05, 0) is 43.9 Å². The van der Waals surface area contributed by atoms with Crippen molar-refractivity contribution in [2.45, 2.75) is 77.4 Å². The topological polar surface area (TPSA) is 32.7 Å². The zero-order chi connectivity index (χ0) is 17.7. The van der Waals surface area contributed by atoms with E-state index in [1.807, 2.05) is 6.07 Å². The number of aryl methyl sites for hydroxylation is 1. The Morgan fingerprint density at radius 3 is 2.50 bits per heavy atom.